The van der Waals surface area contributed by atoms with E-state index in [2.05, 4.69) is 4.98 Å². The van der Waals surface area contributed by atoms with Crippen molar-refractivity contribution in [2.24, 2.45) is 5.73 Å². The Morgan fingerprint density at radius 2 is 1.90 bits per heavy atom. The number of nitrogens with two attached hydrogens (primary N) is 1. The van der Waals surface area contributed by atoms with Gasteiger partial charge in [0, 0.05) is 17.8 Å². The average Bonchev–Trinajstić information content (AvgIpc) is 2.41. The number of hydrogen-bond acceptors (Lipinski definition) is 4. The third-order valence-electron chi connectivity index (χ3n) is 2.68. The van der Waals surface area contributed by atoms with Gasteiger partial charge in [0.25, 0.3) is 0 Å². The molecule has 0 saturated heterocycles. The van der Waals surface area contributed by atoms with Gasteiger partial charge in [0.15, 0.2) is 9.84 Å². The molecule has 0 fully saturated rings. The Morgan fingerprint density at radius 3 is 2.60 bits per heavy atom. The van der Waals surface area contributed by atoms with Crippen molar-refractivity contribution in [3.8, 4) is 0 Å². The van der Waals surface area contributed by atoms with Crippen LogP contribution < -0.4 is 5.73 Å². The zero-order valence-electron chi connectivity index (χ0n) is 10.4. The smallest absolute Gasteiger partial charge is 0.184 e. The van der Waals surface area contributed by atoms with Crippen LogP contribution in [0.15, 0.2) is 41.4 Å². The Balaban J connectivity index is 2.38. The Labute approximate surface area is 127 Å². The summed E-state index contributed by atoms with van der Waals surface area (Å²) in [5, 5.41) is 0.479. The summed E-state index contributed by atoms with van der Waals surface area (Å²) < 4.78 is 24.8. The lowest BCUT2D eigenvalue weighted by atomic mass is 10.2. The second kappa shape index (κ2) is 6.10. The zero-order chi connectivity index (χ0) is 14.8. The molecule has 0 amide bonds. The predicted molar refractivity (Wildman–Crippen MR) is 79.5 cm³/mol. The van der Waals surface area contributed by atoms with Crippen molar-refractivity contribution in [2.45, 2.75) is 17.2 Å². The molecule has 2 rings (SSSR count). The van der Waals surface area contributed by atoms with Crippen LogP contribution in [0.5, 0.6) is 0 Å². The fourth-order valence-electron chi connectivity index (χ4n) is 1.74. The van der Waals surface area contributed by atoms with E-state index in [9.17, 15) is 8.42 Å². The fourth-order valence-corrected chi connectivity index (χ4v) is 3.89. The van der Waals surface area contributed by atoms with Crippen LogP contribution in [-0.2, 0) is 22.1 Å². The molecule has 0 aliphatic rings. The van der Waals surface area contributed by atoms with Gasteiger partial charge in [-0.15, -0.1) is 0 Å². The van der Waals surface area contributed by atoms with Crippen LogP contribution in [0, 0.1) is 0 Å². The molecule has 4 nitrogen and oxygen atoms in total. The highest BCUT2D eigenvalue weighted by molar-refractivity contribution is 7.90. The molecule has 0 bridgehead atoms. The number of hydrogen-bond donors (Lipinski definition) is 1. The van der Waals surface area contributed by atoms with Gasteiger partial charge >= 0.3 is 0 Å². The van der Waals surface area contributed by atoms with Crippen molar-refractivity contribution >= 4 is 33.0 Å². The predicted octanol–water partition coefficient (Wildman–Crippen LogP) is 2.82. The molecule has 0 spiro atoms. The molecule has 0 radical (unpaired) electrons. The summed E-state index contributed by atoms with van der Waals surface area (Å²) >= 11 is 11.8. The maximum Gasteiger partial charge on any atom is 0.184 e. The van der Waals surface area contributed by atoms with Gasteiger partial charge in [0.1, 0.15) is 0 Å². The lowest BCUT2D eigenvalue weighted by Gasteiger charge is -2.08. The van der Waals surface area contributed by atoms with Gasteiger partial charge < -0.3 is 5.73 Å². The van der Waals surface area contributed by atoms with Crippen LogP contribution in [0.4, 0.5) is 0 Å². The van der Waals surface area contributed by atoms with E-state index in [1.54, 1.807) is 18.2 Å². The summed E-state index contributed by atoms with van der Waals surface area (Å²) in [4.78, 5) is 4.05. The van der Waals surface area contributed by atoms with Gasteiger partial charge in [0.05, 0.1) is 21.4 Å². The molecule has 20 heavy (non-hydrogen) atoms. The van der Waals surface area contributed by atoms with Crippen LogP contribution >= 0.6 is 23.2 Å². The number of sulfone groups is 1. The standard InChI is InChI=1S/C13H12Cl2N2O2S/c14-10-1-2-12(15)13(6-10)20(18,19)8-9-3-4-17-11(5-9)7-16/h1-6H,7-8,16H2. The first kappa shape index (κ1) is 15.3. The minimum Gasteiger partial charge on any atom is -0.325 e. The van der Waals surface area contributed by atoms with Crippen LogP contribution in [0.2, 0.25) is 10.0 Å². The van der Waals surface area contributed by atoms with Gasteiger partial charge in [-0.3, -0.25) is 4.98 Å². The van der Waals surface area contributed by atoms with E-state index in [0.717, 1.165) is 0 Å². The summed E-state index contributed by atoms with van der Waals surface area (Å²) in [5.41, 5.74) is 6.73. The Bertz CT molecular complexity index is 733. The molecule has 0 aliphatic heterocycles. The minimum atomic E-state index is -3.58. The lowest BCUT2D eigenvalue weighted by Crippen LogP contribution is -2.07. The second-order valence-electron chi connectivity index (χ2n) is 4.19. The third-order valence-corrected chi connectivity index (χ3v) is 5.07. The average molecular weight is 331 g/mol. The van der Waals surface area contributed by atoms with E-state index in [1.807, 2.05) is 0 Å². The largest absolute Gasteiger partial charge is 0.325 e. The van der Waals surface area contributed by atoms with Crippen LogP contribution in [0.1, 0.15) is 11.3 Å². The quantitative estimate of drug-likeness (QED) is 0.935. The fraction of sp³-hybridized carbons (Fsp3) is 0.154. The molecule has 1 aromatic carbocycles. The molecular weight excluding hydrogens is 319 g/mol. The highest BCUT2D eigenvalue weighted by Gasteiger charge is 2.19. The maximum atomic E-state index is 12.4. The summed E-state index contributed by atoms with van der Waals surface area (Å²) in [7, 11) is -3.58. The molecule has 0 saturated carbocycles. The molecule has 1 heterocycles. The summed E-state index contributed by atoms with van der Waals surface area (Å²) in [6.07, 6.45) is 1.53. The molecule has 106 valence electrons. The van der Waals surface area contributed by atoms with Crippen molar-refractivity contribution in [2.75, 3.05) is 0 Å². The normalized spacial score (nSPS) is 11.6. The topological polar surface area (TPSA) is 73.1 Å². The lowest BCUT2D eigenvalue weighted by molar-refractivity contribution is 0.595. The third kappa shape index (κ3) is 3.49. The van der Waals surface area contributed by atoms with Crippen LogP contribution in [0.3, 0.4) is 0 Å². The first-order valence-corrected chi connectivity index (χ1v) is 8.15. The summed E-state index contributed by atoms with van der Waals surface area (Å²) in [6.45, 7) is 0.256. The van der Waals surface area contributed by atoms with E-state index < -0.39 is 9.84 Å². The molecule has 0 aliphatic carbocycles. The highest BCUT2D eigenvalue weighted by Crippen LogP contribution is 2.27. The second-order valence-corrected chi connectivity index (χ2v) is 7.00. The van der Waals surface area contributed by atoms with E-state index in [0.29, 0.717) is 16.3 Å². The van der Waals surface area contributed by atoms with E-state index in [1.165, 1.54) is 18.3 Å². The number of aromatic nitrogens is 1. The molecule has 2 aromatic rings. The molecule has 7 heteroatoms. The summed E-state index contributed by atoms with van der Waals surface area (Å²) in [6, 6.07) is 7.66. The minimum absolute atomic E-state index is 0.0257. The van der Waals surface area contributed by atoms with E-state index in [4.69, 9.17) is 28.9 Å². The van der Waals surface area contributed by atoms with Crippen molar-refractivity contribution in [3.63, 3.8) is 0 Å². The maximum absolute atomic E-state index is 12.4. The number of halogens is 2. The molecular formula is C13H12Cl2N2O2S. The highest BCUT2D eigenvalue weighted by atomic mass is 35.5. The van der Waals surface area contributed by atoms with Gasteiger partial charge in [-0.05, 0) is 35.9 Å². The first-order chi connectivity index (χ1) is 9.42. The van der Waals surface area contributed by atoms with E-state index in [-0.39, 0.29) is 22.2 Å². The van der Waals surface area contributed by atoms with Crippen LogP contribution in [0.25, 0.3) is 0 Å². The van der Waals surface area contributed by atoms with Crippen molar-refractivity contribution in [1.29, 1.82) is 0 Å². The Hall–Kier alpha value is -1.14. The molecule has 0 unspecified atom stereocenters. The van der Waals surface area contributed by atoms with Crippen LogP contribution in [-0.4, -0.2) is 13.4 Å². The zero-order valence-corrected chi connectivity index (χ0v) is 12.7. The number of nitrogens with zero attached hydrogens (tertiary/aromatic N) is 1. The first-order valence-electron chi connectivity index (χ1n) is 5.74. The Kier molecular flexibility index (Phi) is 4.65. The van der Waals surface area contributed by atoms with Gasteiger partial charge in [-0.2, -0.15) is 0 Å². The number of benzene rings is 1. The monoisotopic (exact) mass is 330 g/mol. The van der Waals surface area contributed by atoms with Crippen molar-refractivity contribution in [1.82, 2.24) is 4.98 Å². The van der Waals surface area contributed by atoms with Gasteiger partial charge in [-0.25, -0.2) is 8.42 Å². The van der Waals surface area contributed by atoms with E-state index >= 15 is 0 Å². The number of rotatable bonds is 4. The Morgan fingerprint density at radius 1 is 1.15 bits per heavy atom. The van der Waals surface area contributed by atoms with Gasteiger partial charge in [0.2, 0.25) is 0 Å². The number of pyridine rings is 1. The van der Waals surface area contributed by atoms with Crippen molar-refractivity contribution in [3.05, 3.63) is 57.8 Å². The molecule has 1 aromatic heterocycles. The van der Waals surface area contributed by atoms with Crippen molar-refractivity contribution < 1.29 is 8.42 Å². The SMILES string of the molecule is NCc1cc(CS(=O)(=O)c2cc(Cl)ccc2Cl)ccn1. The molecule has 2 N–H and O–H groups in total. The summed E-state index contributed by atoms with van der Waals surface area (Å²) in [5.74, 6) is -0.178. The van der Waals surface area contributed by atoms with Gasteiger partial charge in [-0.1, -0.05) is 23.2 Å². The molecule has 0 atom stereocenters.